The fraction of sp³-hybridized carbons (Fsp3) is 0.692. The minimum atomic E-state index is -0.397. The Hall–Kier alpha value is -1.32. The number of nitrogens with one attached hydrogen (secondary N) is 1. The maximum atomic E-state index is 11.8. The van der Waals surface area contributed by atoms with Gasteiger partial charge in [-0.15, -0.1) is 0 Å². The average molecular weight is 239 g/mol. The van der Waals surface area contributed by atoms with E-state index in [9.17, 15) is 9.59 Å². The highest BCUT2D eigenvalue weighted by Gasteiger charge is 2.23. The van der Waals surface area contributed by atoms with Gasteiger partial charge in [0.05, 0.1) is 7.11 Å². The fourth-order valence-electron chi connectivity index (χ4n) is 2.05. The van der Waals surface area contributed by atoms with E-state index in [2.05, 4.69) is 17.0 Å². The minimum Gasteiger partial charge on any atom is -0.466 e. The average Bonchev–Trinajstić information content (AvgIpc) is 2.34. The van der Waals surface area contributed by atoms with E-state index in [0.717, 1.165) is 31.6 Å². The van der Waals surface area contributed by atoms with E-state index in [4.69, 9.17) is 0 Å². The molecule has 0 heterocycles. The number of ether oxygens (including phenoxy) is 1. The lowest BCUT2D eigenvalue weighted by Crippen LogP contribution is -2.33. The van der Waals surface area contributed by atoms with E-state index in [1.54, 1.807) is 6.08 Å². The molecule has 1 saturated carbocycles. The standard InChI is InChI=1S/C13H21NO3/c1-10-5-7-11(8-6-10)13(16)14-9-3-4-12(15)17-2/h3-4,10-11H,5-9H2,1-2H3,(H,14,16)/b4-3+. The molecule has 0 radical (unpaired) electrons. The van der Waals surface area contributed by atoms with E-state index in [1.807, 2.05) is 0 Å². The Morgan fingerprint density at radius 3 is 2.53 bits per heavy atom. The topological polar surface area (TPSA) is 55.4 Å². The first-order chi connectivity index (χ1) is 8.13. The van der Waals surface area contributed by atoms with Crippen LogP contribution in [0.3, 0.4) is 0 Å². The van der Waals surface area contributed by atoms with Crippen molar-refractivity contribution in [1.29, 1.82) is 0 Å². The van der Waals surface area contributed by atoms with Crippen molar-refractivity contribution in [3.05, 3.63) is 12.2 Å². The first-order valence-electron chi connectivity index (χ1n) is 6.15. The van der Waals surface area contributed by atoms with E-state index >= 15 is 0 Å². The summed E-state index contributed by atoms with van der Waals surface area (Å²) in [6.45, 7) is 2.62. The molecule has 0 saturated heterocycles. The third-order valence-electron chi connectivity index (χ3n) is 3.24. The molecule has 0 aromatic carbocycles. The Labute approximate surface area is 102 Å². The SMILES string of the molecule is COC(=O)/C=C/CNC(=O)C1CCC(C)CC1. The summed E-state index contributed by atoms with van der Waals surface area (Å²) in [6, 6.07) is 0. The number of amides is 1. The normalized spacial score (nSPS) is 24.6. The van der Waals surface area contributed by atoms with Crippen LogP contribution in [0, 0.1) is 11.8 Å². The summed E-state index contributed by atoms with van der Waals surface area (Å²) in [4.78, 5) is 22.5. The lowest BCUT2D eigenvalue weighted by atomic mass is 9.82. The van der Waals surface area contributed by atoms with Crippen molar-refractivity contribution in [2.45, 2.75) is 32.6 Å². The van der Waals surface area contributed by atoms with Crippen molar-refractivity contribution < 1.29 is 14.3 Å². The molecule has 0 aromatic heterocycles. The number of hydrogen-bond donors (Lipinski definition) is 1. The molecule has 1 aliphatic rings. The van der Waals surface area contributed by atoms with Crippen LogP contribution >= 0.6 is 0 Å². The molecule has 1 N–H and O–H groups in total. The highest BCUT2D eigenvalue weighted by Crippen LogP contribution is 2.28. The lowest BCUT2D eigenvalue weighted by molar-refractivity contribution is -0.135. The first kappa shape index (κ1) is 13.7. The van der Waals surface area contributed by atoms with Gasteiger partial charge in [0.15, 0.2) is 0 Å². The Kier molecular flexibility index (Phi) is 5.73. The molecule has 1 rings (SSSR count). The van der Waals surface area contributed by atoms with Gasteiger partial charge in [0, 0.05) is 18.5 Å². The summed E-state index contributed by atoms with van der Waals surface area (Å²) in [5, 5.41) is 2.81. The maximum Gasteiger partial charge on any atom is 0.330 e. The van der Waals surface area contributed by atoms with Gasteiger partial charge in [-0.05, 0) is 31.6 Å². The molecular formula is C13H21NO3. The number of carbonyl (C=O) groups is 2. The summed E-state index contributed by atoms with van der Waals surface area (Å²) >= 11 is 0. The van der Waals surface area contributed by atoms with Crippen LogP contribution in [0.15, 0.2) is 12.2 Å². The molecule has 0 spiro atoms. The predicted molar refractivity (Wildman–Crippen MR) is 65.3 cm³/mol. The molecule has 17 heavy (non-hydrogen) atoms. The van der Waals surface area contributed by atoms with Crippen molar-refractivity contribution in [2.24, 2.45) is 11.8 Å². The van der Waals surface area contributed by atoms with E-state index < -0.39 is 5.97 Å². The number of carbonyl (C=O) groups excluding carboxylic acids is 2. The van der Waals surface area contributed by atoms with Crippen LogP contribution < -0.4 is 5.32 Å². The molecule has 0 unspecified atom stereocenters. The summed E-state index contributed by atoms with van der Waals surface area (Å²) in [5.41, 5.74) is 0. The number of methoxy groups -OCH3 is 1. The fourth-order valence-corrected chi connectivity index (χ4v) is 2.05. The van der Waals surface area contributed by atoms with Crippen molar-refractivity contribution in [2.75, 3.05) is 13.7 Å². The zero-order chi connectivity index (χ0) is 12.7. The molecule has 0 atom stereocenters. The highest BCUT2D eigenvalue weighted by molar-refractivity contribution is 5.82. The van der Waals surface area contributed by atoms with Gasteiger partial charge in [-0.3, -0.25) is 4.79 Å². The Morgan fingerprint density at radius 2 is 1.94 bits per heavy atom. The molecule has 4 heteroatoms. The molecular weight excluding hydrogens is 218 g/mol. The van der Waals surface area contributed by atoms with Crippen LogP contribution in [-0.2, 0) is 14.3 Å². The molecule has 96 valence electrons. The summed E-state index contributed by atoms with van der Waals surface area (Å²) in [5.74, 6) is 0.605. The van der Waals surface area contributed by atoms with Gasteiger partial charge in [-0.1, -0.05) is 13.0 Å². The second kappa shape index (κ2) is 7.09. The van der Waals surface area contributed by atoms with Crippen LogP contribution in [0.1, 0.15) is 32.6 Å². The second-order valence-electron chi connectivity index (χ2n) is 4.63. The Bertz CT molecular complexity index is 291. The summed E-state index contributed by atoms with van der Waals surface area (Å²) in [7, 11) is 1.33. The third kappa shape index (κ3) is 5.02. The lowest BCUT2D eigenvalue weighted by Gasteiger charge is -2.24. The van der Waals surface area contributed by atoms with E-state index in [0.29, 0.717) is 6.54 Å². The predicted octanol–water partition coefficient (Wildman–Crippen LogP) is 1.66. The van der Waals surface area contributed by atoms with Gasteiger partial charge in [0.2, 0.25) is 5.91 Å². The van der Waals surface area contributed by atoms with E-state index in [1.165, 1.54) is 13.2 Å². The summed E-state index contributed by atoms with van der Waals surface area (Å²) in [6.07, 6.45) is 7.16. The zero-order valence-electron chi connectivity index (χ0n) is 10.6. The Balaban J connectivity index is 2.21. The van der Waals surface area contributed by atoms with Crippen LogP contribution in [0.25, 0.3) is 0 Å². The van der Waals surface area contributed by atoms with Crippen molar-refractivity contribution in [1.82, 2.24) is 5.32 Å². The first-order valence-corrected chi connectivity index (χ1v) is 6.15. The van der Waals surface area contributed by atoms with Crippen LogP contribution in [-0.4, -0.2) is 25.5 Å². The van der Waals surface area contributed by atoms with E-state index in [-0.39, 0.29) is 11.8 Å². The second-order valence-corrected chi connectivity index (χ2v) is 4.63. The van der Waals surface area contributed by atoms with Crippen LogP contribution in [0.2, 0.25) is 0 Å². The molecule has 1 fully saturated rings. The molecule has 1 amide bonds. The molecule has 0 aliphatic heterocycles. The zero-order valence-corrected chi connectivity index (χ0v) is 10.6. The van der Waals surface area contributed by atoms with Crippen molar-refractivity contribution in [3.8, 4) is 0 Å². The highest BCUT2D eigenvalue weighted by atomic mass is 16.5. The van der Waals surface area contributed by atoms with Gasteiger partial charge in [-0.25, -0.2) is 4.79 Å². The Morgan fingerprint density at radius 1 is 1.29 bits per heavy atom. The van der Waals surface area contributed by atoms with Crippen molar-refractivity contribution >= 4 is 11.9 Å². The minimum absolute atomic E-state index is 0.103. The summed E-state index contributed by atoms with van der Waals surface area (Å²) < 4.78 is 4.45. The molecule has 4 nitrogen and oxygen atoms in total. The molecule has 0 aromatic rings. The number of hydrogen-bond acceptors (Lipinski definition) is 3. The quantitative estimate of drug-likeness (QED) is 0.599. The van der Waals surface area contributed by atoms with Gasteiger partial charge in [0.1, 0.15) is 0 Å². The monoisotopic (exact) mass is 239 g/mol. The molecule has 1 aliphatic carbocycles. The van der Waals surface area contributed by atoms with Gasteiger partial charge in [-0.2, -0.15) is 0 Å². The van der Waals surface area contributed by atoms with Crippen LogP contribution in [0.4, 0.5) is 0 Å². The van der Waals surface area contributed by atoms with Gasteiger partial charge < -0.3 is 10.1 Å². The van der Waals surface area contributed by atoms with Gasteiger partial charge in [0.25, 0.3) is 0 Å². The van der Waals surface area contributed by atoms with Gasteiger partial charge >= 0.3 is 5.97 Å². The van der Waals surface area contributed by atoms with Crippen LogP contribution in [0.5, 0.6) is 0 Å². The number of rotatable bonds is 4. The smallest absolute Gasteiger partial charge is 0.330 e. The van der Waals surface area contributed by atoms with Crippen molar-refractivity contribution in [3.63, 3.8) is 0 Å². The number of esters is 1. The molecule has 0 bridgehead atoms. The largest absolute Gasteiger partial charge is 0.466 e. The maximum absolute atomic E-state index is 11.8. The third-order valence-corrected chi connectivity index (χ3v) is 3.24.